The molecule has 2 bridgehead atoms. The van der Waals surface area contributed by atoms with Gasteiger partial charge in [-0.3, -0.25) is 23.2 Å². The number of nitrogen functional groups attached to an aromatic ring is 1. The van der Waals surface area contributed by atoms with E-state index >= 15 is 0 Å². The summed E-state index contributed by atoms with van der Waals surface area (Å²) < 4.78 is 58.4. The Bertz CT molecular complexity index is 2050. The van der Waals surface area contributed by atoms with Crippen LogP contribution in [0.1, 0.15) is 129 Å². The Labute approximate surface area is 416 Å². The summed E-state index contributed by atoms with van der Waals surface area (Å²) in [5, 5.41) is 57.2. The zero-order valence-electron chi connectivity index (χ0n) is 40.8. The molecule has 1 fully saturated rings. The number of aromatic nitrogens is 2. The fraction of sp³-hybridized carbons (Fsp3) is 0.667. The number of nitrogens with zero attached hydrogens (tertiary/aromatic N) is 2. The van der Waals surface area contributed by atoms with Gasteiger partial charge in [0, 0.05) is 30.9 Å². The molecule has 1 aromatic heterocycles. The van der Waals surface area contributed by atoms with Gasteiger partial charge < -0.3 is 55.3 Å². The van der Waals surface area contributed by atoms with Crippen molar-refractivity contribution in [1.82, 2.24) is 9.55 Å². The highest BCUT2D eigenvalue weighted by molar-refractivity contribution is 7.61. The summed E-state index contributed by atoms with van der Waals surface area (Å²) in [7, 11) is -11.3. The number of aliphatic hydroxyl groups is 5. The van der Waals surface area contributed by atoms with Crippen LogP contribution in [0.5, 0.6) is 0 Å². The van der Waals surface area contributed by atoms with E-state index in [1.807, 2.05) is 19.1 Å². The number of rotatable bonds is 22. The molecule has 0 aliphatic carbocycles. The molecular formula is C48H77N3O18P2. The summed E-state index contributed by atoms with van der Waals surface area (Å²) in [6, 6.07) is 1.22. The van der Waals surface area contributed by atoms with E-state index in [0.29, 0.717) is 25.7 Å². The Hall–Kier alpha value is -3.66. The van der Waals surface area contributed by atoms with Gasteiger partial charge in [-0.25, -0.2) is 13.9 Å². The van der Waals surface area contributed by atoms with E-state index in [4.69, 9.17) is 29.0 Å². The number of allylic oxidation sites excluding steroid dienone is 7. The standard InChI is InChI=1S/C48H77N3O18P2/c1-3-5-7-8-9-10-11-12-13-14-15-16-17-18-20-25-43(55)64-32-36-33-65-70(60,61)69-71(62,63)66-34-41-46(58)45(57)37(28-27-35(52)23-19-6-4-2)39(53)31-40(54)38(24-21-22-26-44(56)67-36)47(68-41)51-30-29-42(49)50-48(51)59/h9-10,12-13,15-16,21-22,27-30,35-41,45-47,52-54,57-58H,3-8,11,14,17-20,23-26,31-34H2,1-2H3,(H,60,61)(H,62,63)(H2,49,50,59)/b10-9-,13-12-,16-15-,22-21-,28-27?/t35-,36-,37+,38-,39-,40+,41-,45+,46-,47-/m1/s1. The summed E-state index contributed by atoms with van der Waals surface area (Å²) in [6.45, 7) is 1.35. The molecule has 71 heavy (non-hydrogen) atoms. The highest BCUT2D eigenvalue weighted by Gasteiger charge is 2.45. The molecule has 23 heteroatoms. The smallest absolute Gasteiger partial charge is 0.462 e. The maximum atomic E-state index is 13.3. The second kappa shape index (κ2) is 33.2. The molecule has 0 spiro atoms. The second-order valence-corrected chi connectivity index (χ2v) is 20.6. The summed E-state index contributed by atoms with van der Waals surface area (Å²) in [6.07, 6.45) is 15.4. The maximum absolute atomic E-state index is 13.3. The minimum absolute atomic E-state index is 0.00879. The molecule has 9 N–H and O–H groups in total. The zero-order valence-corrected chi connectivity index (χ0v) is 42.6. The highest BCUT2D eigenvalue weighted by atomic mass is 31.3. The Kier molecular flexibility index (Phi) is 28.8. The molecule has 0 aromatic carbocycles. The largest absolute Gasteiger partial charge is 0.481 e. The van der Waals surface area contributed by atoms with Crippen LogP contribution in [0.3, 0.4) is 0 Å². The molecule has 402 valence electrons. The van der Waals surface area contributed by atoms with E-state index in [1.54, 1.807) is 0 Å². The lowest BCUT2D eigenvalue weighted by molar-refractivity contribution is -0.194. The first-order chi connectivity index (χ1) is 33.9. The molecule has 1 aromatic rings. The van der Waals surface area contributed by atoms with Gasteiger partial charge in [0.15, 0.2) is 6.10 Å². The minimum atomic E-state index is -5.70. The van der Waals surface area contributed by atoms with E-state index in [1.165, 1.54) is 49.6 Å². The van der Waals surface area contributed by atoms with E-state index in [-0.39, 0.29) is 18.7 Å². The third-order valence-electron chi connectivity index (χ3n) is 11.7. The van der Waals surface area contributed by atoms with Crippen LogP contribution in [0.15, 0.2) is 77.8 Å². The monoisotopic (exact) mass is 1050 g/mol. The van der Waals surface area contributed by atoms with E-state index in [2.05, 4.69) is 40.5 Å². The third kappa shape index (κ3) is 24.3. The summed E-state index contributed by atoms with van der Waals surface area (Å²) in [5.41, 5.74) is 4.72. The number of carbonyl (C=O) groups is 2. The molecular weight excluding hydrogens is 968 g/mol. The topological polar surface area (TPSA) is 326 Å². The number of unbranched alkanes of at least 4 members (excludes halogenated alkanes) is 7. The first-order valence-electron chi connectivity index (χ1n) is 24.6. The molecule has 0 radical (unpaired) electrons. The molecule has 3 heterocycles. The van der Waals surface area contributed by atoms with Crippen LogP contribution in [-0.2, 0) is 46.3 Å². The molecule has 3 rings (SSSR count). The minimum Gasteiger partial charge on any atom is -0.462 e. The van der Waals surface area contributed by atoms with Gasteiger partial charge in [-0.1, -0.05) is 107 Å². The Balaban J connectivity index is 1.82. The van der Waals surface area contributed by atoms with Gasteiger partial charge in [0.05, 0.1) is 44.1 Å². The van der Waals surface area contributed by atoms with Gasteiger partial charge in [-0.05, 0) is 63.9 Å². The molecule has 21 nitrogen and oxygen atoms in total. The van der Waals surface area contributed by atoms with Crippen LogP contribution in [0, 0.1) is 11.8 Å². The number of esters is 2. The highest BCUT2D eigenvalue weighted by Crippen LogP contribution is 2.60. The van der Waals surface area contributed by atoms with Gasteiger partial charge in [0.25, 0.3) is 0 Å². The van der Waals surface area contributed by atoms with Crippen molar-refractivity contribution < 1.29 is 81.6 Å². The number of hydrogen-bond donors (Lipinski definition) is 8. The number of fused-ring (bicyclic) bond motifs is 3. The number of phosphoric ester groups is 2. The number of ether oxygens (including phenoxy) is 3. The lowest BCUT2D eigenvalue weighted by atomic mass is 9.82. The molecule has 2 aliphatic rings. The van der Waals surface area contributed by atoms with Gasteiger partial charge in [-0.2, -0.15) is 9.29 Å². The third-order valence-corrected chi connectivity index (χ3v) is 14.3. The van der Waals surface area contributed by atoms with Crippen molar-refractivity contribution >= 4 is 33.4 Å². The Morgan fingerprint density at radius 2 is 1.51 bits per heavy atom. The molecule has 0 saturated carbocycles. The van der Waals surface area contributed by atoms with Crippen molar-refractivity contribution in [2.75, 3.05) is 25.6 Å². The quantitative estimate of drug-likeness (QED) is 0.0289. The van der Waals surface area contributed by atoms with Crippen LogP contribution in [0.2, 0.25) is 0 Å². The van der Waals surface area contributed by atoms with Crippen molar-refractivity contribution in [2.24, 2.45) is 11.8 Å². The number of cyclic esters (lactones) is 1. The van der Waals surface area contributed by atoms with E-state index in [9.17, 15) is 58.8 Å². The summed E-state index contributed by atoms with van der Waals surface area (Å²) >= 11 is 0. The van der Waals surface area contributed by atoms with Crippen molar-refractivity contribution in [2.45, 2.75) is 172 Å². The lowest BCUT2D eigenvalue weighted by Crippen LogP contribution is -2.52. The number of nitrogens with two attached hydrogens (primary N) is 1. The average molecular weight is 1050 g/mol. The lowest BCUT2D eigenvalue weighted by Gasteiger charge is -2.40. The van der Waals surface area contributed by atoms with Crippen molar-refractivity contribution in [3.63, 3.8) is 0 Å². The van der Waals surface area contributed by atoms with Crippen LogP contribution in [-0.4, -0.2) is 119 Å². The van der Waals surface area contributed by atoms with Crippen molar-refractivity contribution in [3.05, 3.63) is 83.5 Å². The predicted molar refractivity (Wildman–Crippen MR) is 263 cm³/mol. The van der Waals surface area contributed by atoms with Gasteiger partial charge in [0.2, 0.25) is 0 Å². The molecule has 12 atom stereocenters. The van der Waals surface area contributed by atoms with Crippen molar-refractivity contribution in [3.8, 4) is 0 Å². The van der Waals surface area contributed by atoms with Crippen LogP contribution < -0.4 is 11.4 Å². The van der Waals surface area contributed by atoms with Crippen LogP contribution >= 0.6 is 15.6 Å². The first kappa shape index (κ1) is 61.6. The Morgan fingerprint density at radius 1 is 0.873 bits per heavy atom. The summed E-state index contributed by atoms with van der Waals surface area (Å²) in [4.78, 5) is 64.0. The molecule has 1 saturated heterocycles. The SMILES string of the molecule is CCCCC/C=C\C/C=C\C/C=C\CCCCC(=O)OC[C@@H]1COP(=O)(O)OP(=O)(O)OC[C@H]2O[C@@H](n3ccc(N)nc3=O)[C@H](C/C=C\CC(=O)O1)[C@@H](O)C[C@@H](O)[C@H](C=C[C@H](O)CCCCC)[C@H](O)[C@@H]2O. The average Bonchev–Trinajstić information content (AvgIpc) is 3.30. The number of anilines is 1. The fourth-order valence-electron chi connectivity index (χ4n) is 7.69. The zero-order chi connectivity index (χ0) is 52.2. The molecule has 0 amide bonds. The number of hydrogen-bond acceptors (Lipinski definition) is 18. The van der Waals surface area contributed by atoms with E-state index in [0.717, 1.165) is 49.3 Å². The first-order valence-corrected chi connectivity index (χ1v) is 27.5. The van der Waals surface area contributed by atoms with Crippen LogP contribution in [0.25, 0.3) is 0 Å². The second-order valence-electron chi connectivity index (χ2n) is 17.6. The normalized spacial score (nSPS) is 30.9. The fourth-order valence-corrected chi connectivity index (χ4v) is 9.80. The van der Waals surface area contributed by atoms with Crippen molar-refractivity contribution in [1.29, 1.82) is 0 Å². The summed E-state index contributed by atoms with van der Waals surface area (Å²) in [5.74, 6) is -4.48. The van der Waals surface area contributed by atoms with Gasteiger partial charge >= 0.3 is 33.3 Å². The molecule has 2 aliphatic heterocycles. The van der Waals surface area contributed by atoms with Gasteiger partial charge in [-0.15, -0.1) is 0 Å². The number of carbonyl (C=O) groups excluding carboxylic acids is 2. The molecule has 2 unspecified atom stereocenters. The number of aliphatic hydroxyl groups excluding tert-OH is 5. The Morgan fingerprint density at radius 3 is 2.17 bits per heavy atom. The maximum Gasteiger partial charge on any atom is 0.481 e. The predicted octanol–water partition coefficient (Wildman–Crippen LogP) is 5.93. The van der Waals surface area contributed by atoms with Gasteiger partial charge in [0.1, 0.15) is 30.9 Å². The van der Waals surface area contributed by atoms with Crippen LogP contribution in [0.4, 0.5) is 5.82 Å². The van der Waals surface area contributed by atoms with E-state index < -0.39 is 127 Å². The number of phosphoric acid groups is 2.